The van der Waals surface area contributed by atoms with Crippen LogP contribution in [-0.2, 0) is 4.74 Å². The van der Waals surface area contributed by atoms with Gasteiger partial charge in [-0.1, -0.05) is 0 Å². The molecule has 2 aromatic carbocycles. The van der Waals surface area contributed by atoms with Crippen LogP contribution in [0.15, 0.2) is 53.5 Å². The second-order valence-electron chi connectivity index (χ2n) is 5.36. The van der Waals surface area contributed by atoms with Crippen molar-refractivity contribution >= 4 is 11.5 Å². The number of anilines is 1. The first-order valence-corrected chi connectivity index (χ1v) is 7.99. The van der Waals surface area contributed by atoms with E-state index in [0.29, 0.717) is 13.2 Å². The minimum Gasteiger partial charge on any atom is -0.497 e. The van der Waals surface area contributed by atoms with E-state index in [-0.39, 0.29) is 0 Å². The van der Waals surface area contributed by atoms with Crippen LogP contribution < -0.4 is 25.6 Å². The summed E-state index contributed by atoms with van der Waals surface area (Å²) in [6.07, 6.45) is -0.440. The van der Waals surface area contributed by atoms with Gasteiger partial charge in [0, 0.05) is 19.2 Å². The molecule has 0 fully saturated rings. The summed E-state index contributed by atoms with van der Waals surface area (Å²) in [6.45, 7) is 0.977. The van der Waals surface area contributed by atoms with Crippen LogP contribution in [0.1, 0.15) is 5.56 Å². The standard InChI is InChI=1S/C18H22N4O3/c1-23-15-9-5-14(6-10-15)22-17(20-18(21-22)24-2)13-3-7-16(8-4-13)25-12-11-19/h3-10,18,21H,11-12,19H2,1-2H3. The molecule has 132 valence electrons. The highest BCUT2D eigenvalue weighted by molar-refractivity contribution is 6.10. The van der Waals surface area contributed by atoms with Crippen molar-refractivity contribution < 1.29 is 14.2 Å². The van der Waals surface area contributed by atoms with Crippen LogP contribution in [-0.4, -0.2) is 39.6 Å². The van der Waals surface area contributed by atoms with E-state index >= 15 is 0 Å². The molecule has 0 saturated carbocycles. The van der Waals surface area contributed by atoms with Crippen molar-refractivity contribution in [1.29, 1.82) is 0 Å². The van der Waals surface area contributed by atoms with Gasteiger partial charge < -0.3 is 19.9 Å². The molecule has 7 heteroatoms. The van der Waals surface area contributed by atoms with Gasteiger partial charge in [0.25, 0.3) is 0 Å². The molecule has 1 heterocycles. The van der Waals surface area contributed by atoms with Crippen molar-refractivity contribution in [2.45, 2.75) is 6.35 Å². The Morgan fingerprint density at radius 1 is 1.04 bits per heavy atom. The van der Waals surface area contributed by atoms with E-state index in [1.165, 1.54) is 0 Å². The fourth-order valence-corrected chi connectivity index (χ4v) is 2.48. The number of nitrogens with one attached hydrogen (secondary N) is 1. The van der Waals surface area contributed by atoms with Crippen LogP contribution in [0.3, 0.4) is 0 Å². The largest absolute Gasteiger partial charge is 0.497 e. The zero-order valence-electron chi connectivity index (χ0n) is 14.3. The SMILES string of the molecule is COc1ccc(N2NC(OC)N=C2c2ccc(OCCN)cc2)cc1. The summed E-state index contributed by atoms with van der Waals surface area (Å²) in [7, 11) is 3.26. The third-order valence-corrected chi connectivity index (χ3v) is 3.74. The lowest BCUT2D eigenvalue weighted by Crippen LogP contribution is -2.41. The fraction of sp³-hybridized carbons (Fsp3) is 0.278. The Bertz CT molecular complexity index is 716. The van der Waals surface area contributed by atoms with Crippen LogP contribution >= 0.6 is 0 Å². The van der Waals surface area contributed by atoms with E-state index in [2.05, 4.69) is 10.4 Å². The van der Waals surface area contributed by atoms with Crippen LogP contribution in [0.25, 0.3) is 0 Å². The number of hydrogen-bond acceptors (Lipinski definition) is 7. The summed E-state index contributed by atoms with van der Waals surface area (Å²) < 4.78 is 16.1. The molecular formula is C18H22N4O3. The number of ether oxygens (including phenoxy) is 3. The molecule has 0 bridgehead atoms. The third-order valence-electron chi connectivity index (χ3n) is 3.74. The van der Waals surface area contributed by atoms with E-state index in [1.807, 2.05) is 53.5 Å². The van der Waals surface area contributed by atoms with Crippen molar-refractivity contribution in [3.63, 3.8) is 0 Å². The first-order valence-electron chi connectivity index (χ1n) is 7.99. The molecule has 0 aliphatic carbocycles. The molecule has 3 N–H and O–H groups in total. The molecule has 1 aliphatic rings. The molecule has 1 atom stereocenters. The molecule has 25 heavy (non-hydrogen) atoms. The predicted molar refractivity (Wildman–Crippen MR) is 96.9 cm³/mol. The molecule has 0 aromatic heterocycles. The monoisotopic (exact) mass is 342 g/mol. The summed E-state index contributed by atoms with van der Waals surface area (Å²) in [6, 6.07) is 15.4. The lowest BCUT2D eigenvalue weighted by atomic mass is 10.2. The Morgan fingerprint density at radius 3 is 2.32 bits per heavy atom. The van der Waals surface area contributed by atoms with Crippen molar-refractivity contribution in [3.8, 4) is 11.5 Å². The van der Waals surface area contributed by atoms with Crippen molar-refractivity contribution in [1.82, 2.24) is 5.43 Å². The maximum atomic E-state index is 5.52. The van der Waals surface area contributed by atoms with Gasteiger partial charge in [0.15, 0.2) is 5.84 Å². The van der Waals surface area contributed by atoms with Gasteiger partial charge in [0.1, 0.15) is 18.1 Å². The Kier molecular flexibility index (Phi) is 5.49. The number of amidine groups is 1. The maximum Gasteiger partial charge on any atom is 0.223 e. The Labute approximate surface area is 147 Å². The van der Waals surface area contributed by atoms with Crippen molar-refractivity contribution in [2.24, 2.45) is 10.7 Å². The van der Waals surface area contributed by atoms with Crippen LogP contribution in [0, 0.1) is 0 Å². The number of aliphatic imine (C=N–C) groups is 1. The van der Waals surface area contributed by atoms with Gasteiger partial charge in [-0.05, 0) is 48.5 Å². The number of benzene rings is 2. The molecule has 3 rings (SSSR count). The first kappa shape index (κ1) is 17.2. The number of nitrogens with two attached hydrogens (primary N) is 1. The van der Waals surface area contributed by atoms with Crippen LogP contribution in [0.2, 0.25) is 0 Å². The van der Waals surface area contributed by atoms with Crippen molar-refractivity contribution in [2.75, 3.05) is 32.4 Å². The number of nitrogens with zero attached hydrogens (tertiary/aromatic N) is 2. The van der Waals surface area contributed by atoms with Crippen molar-refractivity contribution in [3.05, 3.63) is 54.1 Å². The molecular weight excluding hydrogens is 320 g/mol. The number of rotatable bonds is 7. The second-order valence-corrected chi connectivity index (χ2v) is 5.36. The predicted octanol–water partition coefficient (Wildman–Crippen LogP) is 1.73. The average molecular weight is 342 g/mol. The lowest BCUT2D eigenvalue weighted by Gasteiger charge is -2.21. The number of hydrazine groups is 1. The van der Waals surface area contributed by atoms with E-state index in [9.17, 15) is 0 Å². The van der Waals surface area contributed by atoms with Gasteiger partial charge in [-0.15, -0.1) is 0 Å². The minimum atomic E-state index is -0.440. The second kappa shape index (κ2) is 7.98. The Balaban J connectivity index is 1.85. The summed E-state index contributed by atoms with van der Waals surface area (Å²) in [5.74, 6) is 2.34. The normalized spacial score (nSPS) is 16.7. The molecule has 0 saturated heterocycles. The van der Waals surface area contributed by atoms with Gasteiger partial charge in [0.05, 0.1) is 12.8 Å². The van der Waals surface area contributed by atoms with Gasteiger partial charge in [-0.25, -0.2) is 4.99 Å². The molecule has 0 radical (unpaired) electrons. The third kappa shape index (κ3) is 3.90. The topological polar surface area (TPSA) is 81.3 Å². The zero-order chi connectivity index (χ0) is 17.6. The molecule has 7 nitrogen and oxygen atoms in total. The quantitative estimate of drug-likeness (QED) is 0.798. The highest BCUT2D eigenvalue weighted by Crippen LogP contribution is 2.24. The smallest absolute Gasteiger partial charge is 0.223 e. The van der Waals surface area contributed by atoms with Crippen LogP contribution in [0.5, 0.6) is 11.5 Å². The highest BCUT2D eigenvalue weighted by atomic mass is 16.5. The molecule has 0 spiro atoms. The van der Waals surface area contributed by atoms with Gasteiger partial charge in [-0.2, -0.15) is 5.43 Å². The Morgan fingerprint density at radius 2 is 1.72 bits per heavy atom. The van der Waals surface area contributed by atoms with Gasteiger partial charge in [0.2, 0.25) is 6.35 Å². The summed E-state index contributed by atoms with van der Waals surface area (Å²) in [5.41, 5.74) is 10.5. The molecule has 2 aromatic rings. The van der Waals surface area contributed by atoms with E-state index in [4.69, 9.17) is 19.9 Å². The van der Waals surface area contributed by atoms with E-state index in [0.717, 1.165) is 28.6 Å². The van der Waals surface area contributed by atoms with Crippen LogP contribution in [0.4, 0.5) is 5.69 Å². The fourth-order valence-electron chi connectivity index (χ4n) is 2.48. The summed E-state index contributed by atoms with van der Waals surface area (Å²) >= 11 is 0. The van der Waals surface area contributed by atoms with Gasteiger partial charge in [-0.3, -0.25) is 5.01 Å². The van der Waals surface area contributed by atoms with E-state index in [1.54, 1.807) is 14.2 Å². The average Bonchev–Trinajstić information content (AvgIpc) is 3.11. The Hall–Kier alpha value is -2.61. The van der Waals surface area contributed by atoms with E-state index < -0.39 is 6.35 Å². The summed E-state index contributed by atoms with van der Waals surface area (Å²) in [5, 5.41) is 1.89. The molecule has 1 unspecified atom stereocenters. The summed E-state index contributed by atoms with van der Waals surface area (Å²) in [4.78, 5) is 4.59. The maximum absolute atomic E-state index is 5.52. The minimum absolute atomic E-state index is 0.440. The molecule has 1 aliphatic heterocycles. The zero-order valence-corrected chi connectivity index (χ0v) is 14.3. The molecule has 0 amide bonds. The lowest BCUT2D eigenvalue weighted by molar-refractivity contribution is 0.0910. The highest BCUT2D eigenvalue weighted by Gasteiger charge is 2.26. The first-order chi connectivity index (χ1) is 12.2. The van der Waals surface area contributed by atoms with Gasteiger partial charge >= 0.3 is 0 Å². The number of methoxy groups -OCH3 is 2. The number of hydrogen-bond donors (Lipinski definition) is 2.